The second-order valence-electron chi connectivity index (χ2n) is 12.0. The van der Waals surface area contributed by atoms with Crippen molar-refractivity contribution in [1.29, 1.82) is 0 Å². The molecule has 0 atom stereocenters. The summed E-state index contributed by atoms with van der Waals surface area (Å²) in [5.41, 5.74) is 6.54. The molecule has 220 valence electrons. The number of carbonyl (C=O) groups is 1. The first kappa shape index (κ1) is 32.5. The molecule has 0 aromatic heterocycles. The third-order valence-electron chi connectivity index (χ3n) is 6.49. The smallest absolute Gasteiger partial charge is 0.240 e. The zero-order valence-corrected chi connectivity index (χ0v) is 27.2. The van der Waals surface area contributed by atoms with Gasteiger partial charge in [-0.15, -0.1) is 0 Å². The van der Waals surface area contributed by atoms with Crippen LogP contribution in [0.4, 0.5) is 0 Å². The Hall–Kier alpha value is -3.03. The molecule has 8 heteroatoms. The van der Waals surface area contributed by atoms with Gasteiger partial charge in [0.2, 0.25) is 5.91 Å². The summed E-state index contributed by atoms with van der Waals surface area (Å²) in [7, 11) is 0. The second kappa shape index (κ2) is 13.8. The third kappa shape index (κ3) is 8.98. The lowest BCUT2D eigenvalue weighted by Gasteiger charge is -2.28. The number of halogens is 2. The van der Waals surface area contributed by atoms with Gasteiger partial charge >= 0.3 is 0 Å². The number of hydrogen-bond donors (Lipinski definition) is 2. The number of phenolic OH excluding ortho intramolecular Hbond substituents is 1. The lowest BCUT2D eigenvalue weighted by Crippen LogP contribution is -2.20. The molecule has 0 saturated heterocycles. The van der Waals surface area contributed by atoms with Crippen molar-refractivity contribution >= 4 is 39.7 Å². The quantitative estimate of drug-likeness (QED) is 0.172. The number of carbonyl (C=O) groups excluding carboxylic acids is 1. The molecule has 0 aliphatic heterocycles. The Kier molecular flexibility index (Phi) is 10.9. The fraction of sp³-hybridized carbons (Fsp3) is 0.394. The van der Waals surface area contributed by atoms with Gasteiger partial charge in [0.25, 0.3) is 0 Å². The van der Waals surface area contributed by atoms with Gasteiger partial charge < -0.3 is 14.6 Å². The van der Waals surface area contributed by atoms with Crippen molar-refractivity contribution in [2.45, 2.75) is 78.7 Å². The molecule has 0 heterocycles. The van der Waals surface area contributed by atoms with Crippen LogP contribution in [0.15, 0.2) is 58.1 Å². The highest BCUT2D eigenvalue weighted by molar-refractivity contribution is 9.10. The molecule has 6 nitrogen and oxygen atoms in total. The topological polar surface area (TPSA) is 80.2 Å². The van der Waals surface area contributed by atoms with E-state index in [-0.39, 0.29) is 29.8 Å². The fourth-order valence-corrected chi connectivity index (χ4v) is 5.07. The Morgan fingerprint density at radius 2 is 1.66 bits per heavy atom. The summed E-state index contributed by atoms with van der Waals surface area (Å²) in [6, 6.07) is 15.2. The van der Waals surface area contributed by atoms with Crippen LogP contribution in [0.5, 0.6) is 17.2 Å². The van der Waals surface area contributed by atoms with E-state index >= 15 is 0 Å². The van der Waals surface area contributed by atoms with Crippen LogP contribution in [0.3, 0.4) is 0 Å². The Morgan fingerprint density at radius 1 is 1.02 bits per heavy atom. The van der Waals surface area contributed by atoms with Gasteiger partial charge in [0.1, 0.15) is 12.4 Å². The van der Waals surface area contributed by atoms with Gasteiger partial charge in [-0.1, -0.05) is 83.5 Å². The molecule has 41 heavy (non-hydrogen) atoms. The molecule has 2 N–H and O–H groups in total. The average molecular weight is 644 g/mol. The second-order valence-corrected chi connectivity index (χ2v) is 13.2. The highest BCUT2D eigenvalue weighted by atomic mass is 79.9. The summed E-state index contributed by atoms with van der Waals surface area (Å²) in [6.07, 6.45) is 2.36. The number of aromatic hydroxyl groups is 1. The zero-order valence-electron chi connectivity index (χ0n) is 24.9. The van der Waals surface area contributed by atoms with Gasteiger partial charge in [-0.2, -0.15) is 5.10 Å². The number of nitrogens with one attached hydrogen (secondary N) is 1. The van der Waals surface area contributed by atoms with Crippen molar-refractivity contribution in [3.8, 4) is 17.2 Å². The van der Waals surface area contributed by atoms with E-state index in [1.54, 1.807) is 6.21 Å². The number of phenols is 1. The maximum Gasteiger partial charge on any atom is 0.240 e. The Morgan fingerprint density at radius 3 is 2.24 bits per heavy atom. The molecule has 0 aliphatic carbocycles. The van der Waals surface area contributed by atoms with E-state index in [9.17, 15) is 9.90 Å². The van der Waals surface area contributed by atoms with E-state index < -0.39 is 0 Å². The van der Waals surface area contributed by atoms with E-state index in [1.807, 2.05) is 55.5 Å². The van der Waals surface area contributed by atoms with Crippen LogP contribution in [0.2, 0.25) is 5.02 Å². The highest BCUT2D eigenvalue weighted by Gasteiger charge is 2.26. The summed E-state index contributed by atoms with van der Waals surface area (Å²) >= 11 is 9.84. The molecule has 0 aliphatic rings. The maximum atomic E-state index is 12.6. The standard InChI is InChI=1S/C33H40BrClN2O4/c1-8-40-28-18-22(17-26(34)31(28)41-20-23-11-9-10-12-27(23)35)19-36-37-29(38)14-13-21-15-24(32(2,3)4)30(39)25(16-21)33(5,6)7/h9-12,15-19,39H,8,13-14,20H2,1-7H3,(H,37,38)/b36-19-. The van der Waals surface area contributed by atoms with E-state index in [2.05, 4.69) is 68.0 Å². The van der Waals surface area contributed by atoms with E-state index in [1.165, 1.54) is 0 Å². The summed E-state index contributed by atoms with van der Waals surface area (Å²) in [5, 5.41) is 15.7. The summed E-state index contributed by atoms with van der Waals surface area (Å²) in [5.74, 6) is 1.25. The predicted octanol–water partition coefficient (Wildman–Crippen LogP) is 8.46. The Balaban J connectivity index is 1.68. The molecular weight excluding hydrogens is 604 g/mol. The number of aryl methyl sites for hydroxylation is 1. The molecule has 0 unspecified atom stereocenters. The van der Waals surface area contributed by atoms with Crippen molar-refractivity contribution < 1.29 is 19.4 Å². The molecule has 0 spiro atoms. The molecule has 1 amide bonds. The Labute approximate surface area is 257 Å². The van der Waals surface area contributed by atoms with Crippen LogP contribution in [-0.4, -0.2) is 23.8 Å². The normalized spacial score (nSPS) is 12.0. The van der Waals surface area contributed by atoms with Gasteiger partial charge in [-0.25, -0.2) is 5.43 Å². The number of ether oxygens (including phenoxy) is 2. The largest absolute Gasteiger partial charge is 0.507 e. The number of amides is 1. The summed E-state index contributed by atoms with van der Waals surface area (Å²) < 4.78 is 12.5. The lowest BCUT2D eigenvalue weighted by molar-refractivity contribution is -0.121. The number of rotatable bonds is 10. The lowest BCUT2D eigenvalue weighted by atomic mass is 9.78. The highest BCUT2D eigenvalue weighted by Crippen LogP contribution is 2.40. The maximum absolute atomic E-state index is 12.6. The van der Waals surface area contributed by atoms with Crippen LogP contribution < -0.4 is 14.9 Å². The molecule has 3 aromatic carbocycles. The van der Waals surface area contributed by atoms with Crippen molar-refractivity contribution in [3.63, 3.8) is 0 Å². The predicted molar refractivity (Wildman–Crippen MR) is 171 cm³/mol. The SMILES string of the molecule is CCOc1cc(/C=N\NC(=O)CCc2cc(C(C)(C)C)c(O)c(C(C)(C)C)c2)cc(Br)c1OCc1ccccc1Cl. The van der Waals surface area contributed by atoms with Crippen LogP contribution in [0.1, 0.15) is 82.7 Å². The first-order valence-corrected chi connectivity index (χ1v) is 14.9. The minimum Gasteiger partial charge on any atom is -0.507 e. The summed E-state index contributed by atoms with van der Waals surface area (Å²) in [6.45, 7) is 15.1. The molecule has 3 aromatic rings. The monoisotopic (exact) mass is 642 g/mol. The van der Waals surface area contributed by atoms with E-state index in [0.717, 1.165) is 27.8 Å². The fourth-order valence-electron chi connectivity index (χ4n) is 4.31. The van der Waals surface area contributed by atoms with Gasteiger partial charge in [-0.3, -0.25) is 4.79 Å². The van der Waals surface area contributed by atoms with E-state index in [0.29, 0.717) is 39.8 Å². The number of hydrogen-bond acceptors (Lipinski definition) is 5. The first-order valence-electron chi connectivity index (χ1n) is 13.7. The van der Waals surface area contributed by atoms with Gasteiger partial charge in [0.05, 0.1) is 17.3 Å². The molecular formula is C33H40BrClN2O4. The van der Waals surface area contributed by atoms with Crippen LogP contribution >= 0.6 is 27.5 Å². The van der Waals surface area contributed by atoms with Crippen molar-refractivity contribution in [2.24, 2.45) is 5.10 Å². The Bertz CT molecular complexity index is 1370. The number of benzene rings is 3. The van der Waals surface area contributed by atoms with Crippen LogP contribution in [0, 0.1) is 0 Å². The van der Waals surface area contributed by atoms with Crippen LogP contribution in [-0.2, 0) is 28.7 Å². The molecule has 0 saturated carbocycles. The zero-order chi connectivity index (χ0) is 30.4. The van der Waals surface area contributed by atoms with Crippen LogP contribution in [0.25, 0.3) is 0 Å². The minimum atomic E-state index is -0.226. The molecule has 0 fully saturated rings. The van der Waals surface area contributed by atoms with E-state index in [4.69, 9.17) is 21.1 Å². The third-order valence-corrected chi connectivity index (χ3v) is 7.45. The van der Waals surface area contributed by atoms with Crippen molar-refractivity contribution in [1.82, 2.24) is 5.43 Å². The number of hydrazone groups is 1. The average Bonchev–Trinajstić information content (AvgIpc) is 2.87. The first-order chi connectivity index (χ1) is 19.2. The minimum absolute atomic E-state index is 0.201. The van der Waals surface area contributed by atoms with Crippen molar-refractivity contribution in [3.05, 3.63) is 85.8 Å². The number of nitrogens with zero attached hydrogens (tertiary/aromatic N) is 1. The van der Waals surface area contributed by atoms with Gasteiger partial charge in [-0.05, 0) is 80.6 Å². The van der Waals surface area contributed by atoms with Gasteiger partial charge in [0, 0.05) is 17.0 Å². The molecule has 0 bridgehead atoms. The van der Waals surface area contributed by atoms with Crippen molar-refractivity contribution in [2.75, 3.05) is 6.61 Å². The summed E-state index contributed by atoms with van der Waals surface area (Å²) in [4.78, 5) is 12.6. The van der Waals surface area contributed by atoms with Gasteiger partial charge in [0.15, 0.2) is 11.5 Å². The molecule has 0 radical (unpaired) electrons. The molecule has 3 rings (SSSR count).